The number of thioether (sulfide) groups is 1. The number of imide groups is 1. The van der Waals surface area contributed by atoms with E-state index in [9.17, 15) is 14.4 Å². The van der Waals surface area contributed by atoms with E-state index in [1.807, 2.05) is 36.4 Å². The lowest BCUT2D eigenvalue weighted by Crippen LogP contribution is -2.48. The van der Waals surface area contributed by atoms with Crippen LogP contribution in [0.3, 0.4) is 0 Å². The average Bonchev–Trinajstić information content (AvgIpc) is 3.39. The molecule has 2 N–H and O–H groups in total. The molecule has 0 radical (unpaired) electrons. The van der Waals surface area contributed by atoms with Gasteiger partial charge in [0.25, 0.3) is 5.91 Å². The topological polar surface area (TPSA) is 122 Å². The van der Waals surface area contributed by atoms with E-state index in [-0.39, 0.29) is 5.75 Å². The van der Waals surface area contributed by atoms with Gasteiger partial charge in [0.05, 0.1) is 23.0 Å². The Hall–Kier alpha value is -4.25. The van der Waals surface area contributed by atoms with Gasteiger partial charge in [-0.05, 0) is 24.6 Å². The Balaban J connectivity index is 1.29. The first-order chi connectivity index (χ1) is 16.5. The van der Waals surface area contributed by atoms with E-state index in [1.165, 1.54) is 6.33 Å². The first-order valence-electron chi connectivity index (χ1n) is 10.4. The van der Waals surface area contributed by atoms with E-state index < -0.39 is 23.4 Å². The third-order valence-electron chi connectivity index (χ3n) is 5.45. The molecule has 1 aliphatic heterocycles. The number of hydrogen-bond donors (Lipinski definition) is 2. The highest BCUT2D eigenvalue weighted by Crippen LogP contribution is 2.28. The summed E-state index contributed by atoms with van der Waals surface area (Å²) in [6, 6.07) is 17.7. The van der Waals surface area contributed by atoms with Crippen LogP contribution < -0.4 is 10.7 Å². The minimum atomic E-state index is -1.26. The average molecular weight is 474 g/mol. The van der Waals surface area contributed by atoms with E-state index >= 15 is 0 Å². The second-order valence-corrected chi connectivity index (χ2v) is 8.66. The molecule has 3 heterocycles. The van der Waals surface area contributed by atoms with E-state index in [0.717, 1.165) is 22.5 Å². The number of carbonyl (C=O) groups is 3. The molecule has 0 spiro atoms. The lowest BCUT2D eigenvalue weighted by molar-refractivity contribution is -0.138. The molecule has 5 rings (SSSR count). The molecule has 1 saturated heterocycles. The van der Waals surface area contributed by atoms with Crippen LogP contribution in [0.4, 0.5) is 4.79 Å². The summed E-state index contributed by atoms with van der Waals surface area (Å²) < 4.78 is 1.69. The van der Waals surface area contributed by atoms with Gasteiger partial charge in [-0.15, -0.1) is 0 Å². The Kier molecular flexibility index (Phi) is 5.46. The molecule has 1 aliphatic rings. The molecule has 34 heavy (non-hydrogen) atoms. The maximum Gasteiger partial charge on any atom is 0.344 e. The molecule has 0 saturated carbocycles. The number of rotatable bonds is 6. The number of aromatic nitrogens is 4. The van der Waals surface area contributed by atoms with Crippen LogP contribution in [-0.2, 0) is 15.1 Å². The molecule has 0 unspecified atom stereocenters. The standard InChI is InChI=1S/C23H19N7O3S/c1-23(15-8-4-2-5-9-15)21(32)30(22(33)27-23)28-18(31)13-34-20-17-12-26-29(19(17)24-14-25-20)16-10-6-3-7-11-16/h2-12,14H,13H2,1H3,(H,27,33)(H,28,31)/t23-/m0/s1. The van der Waals surface area contributed by atoms with Gasteiger partial charge >= 0.3 is 6.03 Å². The summed E-state index contributed by atoms with van der Waals surface area (Å²) in [5.41, 5.74) is 3.22. The molecule has 10 nitrogen and oxygen atoms in total. The van der Waals surface area contributed by atoms with E-state index in [4.69, 9.17) is 0 Å². The van der Waals surface area contributed by atoms with E-state index in [2.05, 4.69) is 25.8 Å². The van der Waals surface area contributed by atoms with Crippen molar-refractivity contribution in [3.8, 4) is 5.69 Å². The number of amides is 4. The van der Waals surface area contributed by atoms with Crippen molar-refractivity contribution < 1.29 is 14.4 Å². The molecule has 0 bridgehead atoms. The Morgan fingerprint density at radius 3 is 2.50 bits per heavy atom. The van der Waals surface area contributed by atoms with Crippen LogP contribution >= 0.6 is 11.8 Å². The summed E-state index contributed by atoms with van der Waals surface area (Å²) in [6.07, 6.45) is 3.05. The maximum atomic E-state index is 12.9. The van der Waals surface area contributed by atoms with Crippen LogP contribution in [0, 0.1) is 0 Å². The largest absolute Gasteiger partial charge is 0.344 e. The molecule has 11 heteroatoms. The third kappa shape index (κ3) is 3.75. The normalized spacial score (nSPS) is 17.7. The second-order valence-electron chi connectivity index (χ2n) is 7.69. The number of fused-ring (bicyclic) bond motifs is 1. The van der Waals surface area contributed by atoms with Crippen LogP contribution in [0.1, 0.15) is 12.5 Å². The van der Waals surface area contributed by atoms with Crippen molar-refractivity contribution in [1.29, 1.82) is 0 Å². The summed E-state index contributed by atoms with van der Waals surface area (Å²) >= 11 is 1.16. The Labute approximate surface area is 198 Å². The highest BCUT2D eigenvalue weighted by atomic mass is 32.2. The molecule has 0 aliphatic carbocycles. The molecule has 170 valence electrons. The molecule has 2 aromatic carbocycles. The zero-order valence-electron chi connectivity index (χ0n) is 18.0. The number of hydrazine groups is 1. The van der Waals surface area contributed by atoms with Crippen molar-refractivity contribution in [3.05, 3.63) is 78.8 Å². The van der Waals surface area contributed by atoms with Crippen molar-refractivity contribution in [1.82, 2.24) is 35.5 Å². The van der Waals surface area contributed by atoms with Gasteiger partial charge in [0, 0.05) is 0 Å². The molecular formula is C23H19N7O3S. The van der Waals surface area contributed by atoms with Crippen molar-refractivity contribution in [2.75, 3.05) is 5.75 Å². The minimum absolute atomic E-state index is 0.0677. The lowest BCUT2D eigenvalue weighted by atomic mass is 9.92. The Morgan fingerprint density at radius 1 is 1.06 bits per heavy atom. The SMILES string of the molecule is C[C@@]1(c2ccccc2)NC(=O)N(NC(=O)CSc2ncnc3c2cnn3-c2ccccc2)C1=O. The summed E-state index contributed by atoms with van der Waals surface area (Å²) in [6.45, 7) is 1.60. The van der Waals surface area contributed by atoms with Crippen LogP contribution in [-0.4, -0.2) is 48.4 Å². The Bertz CT molecular complexity index is 1390. The van der Waals surface area contributed by atoms with E-state index in [0.29, 0.717) is 21.6 Å². The van der Waals surface area contributed by atoms with Gasteiger partial charge < -0.3 is 5.32 Å². The van der Waals surface area contributed by atoms with Gasteiger partial charge in [-0.3, -0.25) is 15.0 Å². The smallest absolute Gasteiger partial charge is 0.318 e. The minimum Gasteiger partial charge on any atom is -0.318 e. The van der Waals surface area contributed by atoms with Crippen molar-refractivity contribution in [2.45, 2.75) is 17.5 Å². The zero-order valence-corrected chi connectivity index (χ0v) is 18.8. The fourth-order valence-corrected chi connectivity index (χ4v) is 4.45. The van der Waals surface area contributed by atoms with Crippen molar-refractivity contribution in [2.24, 2.45) is 0 Å². The lowest BCUT2D eigenvalue weighted by Gasteiger charge is -2.22. The number of para-hydroxylation sites is 1. The third-order valence-corrected chi connectivity index (χ3v) is 6.45. The van der Waals surface area contributed by atoms with Gasteiger partial charge in [-0.2, -0.15) is 10.1 Å². The van der Waals surface area contributed by atoms with Gasteiger partial charge in [0.1, 0.15) is 16.9 Å². The van der Waals surface area contributed by atoms with Crippen molar-refractivity contribution >= 4 is 40.6 Å². The number of nitrogens with one attached hydrogen (secondary N) is 2. The first kappa shape index (κ1) is 21.6. The van der Waals surface area contributed by atoms with E-state index in [1.54, 1.807) is 42.1 Å². The molecule has 1 atom stereocenters. The van der Waals surface area contributed by atoms with Crippen LogP contribution in [0.5, 0.6) is 0 Å². The van der Waals surface area contributed by atoms with Gasteiger partial charge in [0.15, 0.2) is 5.65 Å². The molecule has 2 aromatic heterocycles. The predicted molar refractivity (Wildman–Crippen MR) is 125 cm³/mol. The number of nitrogens with zero attached hydrogens (tertiary/aromatic N) is 5. The first-order valence-corrected chi connectivity index (χ1v) is 11.3. The molecular weight excluding hydrogens is 454 g/mol. The monoisotopic (exact) mass is 473 g/mol. The van der Waals surface area contributed by atoms with Crippen molar-refractivity contribution in [3.63, 3.8) is 0 Å². The molecule has 1 fully saturated rings. The summed E-state index contributed by atoms with van der Waals surface area (Å²) in [7, 11) is 0. The Morgan fingerprint density at radius 2 is 1.76 bits per heavy atom. The highest BCUT2D eigenvalue weighted by molar-refractivity contribution is 8.00. The van der Waals surface area contributed by atoms with Crippen LogP contribution in [0.2, 0.25) is 0 Å². The fourth-order valence-electron chi connectivity index (χ4n) is 3.69. The zero-order chi connectivity index (χ0) is 23.7. The quantitative estimate of drug-likeness (QED) is 0.250. The highest BCUT2D eigenvalue weighted by Gasteiger charge is 2.49. The molecule has 4 aromatic rings. The predicted octanol–water partition coefficient (Wildman–Crippen LogP) is 2.41. The van der Waals surface area contributed by atoms with Crippen LogP contribution in [0.15, 0.2) is 78.2 Å². The number of carbonyl (C=O) groups excluding carboxylic acids is 3. The summed E-state index contributed by atoms with van der Waals surface area (Å²) in [4.78, 5) is 46.6. The number of benzene rings is 2. The summed E-state index contributed by atoms with van der Waals surface area (Å²) in [5, 5.41) is 9.02. The number of hydrogen-bond acceptors (Lipinski definition) is 7. The van der Waals surface area contributed by atoms with Gasteiger partial charge in [-0.1, -0.05) is 60.3 Å². The number of urea groups is 1. The maximum absolute atomic E-state index is 12.9. The second kappa shape index (κ2) is 8.60. The van der Waals surface area contributed by atoms with Gasteiger partial charge in [0.2, 0.25) is 5.91 Å². The van der Waals surface area contributed by atoms with Crippen LogP contribution in [0.25, 0.3) is 16.7 Å². The summed E-state index contributed by atoms with van der Waals surface area (Å²) in [5.74, 6) is -1.15. The van der Waals surface area contributed by atoms with Gasteiger partial charge in [-0.25, -0.2) is 19.4 Å². The molecule has 4 amide bonds. The fraction of sp³-hybridized carbons (Fsp3) is 0.130.